The summed E-state index contributed by atoms with van der Waals surface area (Å²) in [6.45, 7) is 5.59. The Morgan fingerprint density at radius 2 is 2.00 bits per heavy atom. The second-order valence-corrected chi connectivity index (χ2v) is 3.82. The molecule has 6 nitrogen and oxygen atoms in total. The van der Waals surface area contributed by atoms with Gasteiger partial charge in [0.25, 0.3) is 5.91 Å². The van der Waals surface area contributed by atoms with Gasteiger partial charge in [-0.2, -0.15) is 5.10 Å². The first kappa shape index (κ1) is 11.3. The summed E-state index contributed by atoms with van der Waals surface area (Å²) >= 11 is 0. The molecular weight excluding hydrogens is 218 g/mol. The van der Waals surface area contributed by atoms with E-state index in [0.29, 0.717) is 5.82 Å². The fraction of sp³-hybridized carbons (Fsp3) is 0.273. The summed E-state index contributed by atoms with van der Waals surface area (Å²) in [6.07, 6.45) is 3.00. The van der Waals surface area contributed by atoms with Gasteiger partial charge in [-0.3, -0.25) is 14.9 Å². The number of aromatic amines is 1. The van der Waals surface area contributed by atoms with Crippen LogP contribution in [0, 0.1) is 20.8 Å². The Morgan fingerprint density at radius 1 is 1.24 bits per heavy atom. The Balaban J connectivity index is 2.17. The monoisotopic (exact) mass is 231 g/mol. The molecule has 0 bridgehead atoms. The summed E-state index contributed by atoms with van der Waals surface area (Å²) in [4.78, 5) is 19.8. The number of aromatic nitrogens is 4. The molecule has 2 aromatic rings. The zero-order valence-electron chi connectivity index (χ0n) is 9.90. The van der Waals surface area contributed by atoms with Crippen molar-refractivity contribution < 1.29 is 4.79 Å². The molecule has 2 heterocycles. The van der Waals surface area contributed by atoms with Crippen molar-refractivity contribution in [2.24, 2.45) is 0 Å². The van der Waals surface area contributed by atoms with Crippen molar-refractivity contribution in [3.05, 3.63) is 35.0 Å². The molecule has 2 rings (SSSR count). The standard InChI is InChI=1S/C11H13N5O/c1-6-4-13-9(5-12-6)11(17)14-10-7(2)8(3)15-16-10/h4-5H,1-3H3,(H2,14,15,16,17). The maximum absolute atomic E-state index is 11.8. The molecule has 0 aliphatic rings. The first-order valence-corrected chi connectivity index (χ1v) is 5.19. The molecule has 0 saturated heterocycles. The van der Waals surface area contributed by atoms with Crippen LogP contribution < -0.4 is 5.32 Å². The van der Waals surface area contributed by atoms with E-state index in [0.717, 1.165) is 17.0 Å². The highest BCUT2D eigenvalue weighted by Crippen LogP contribution is 2.14. The molecule has 0 unspecified atom stereocenters. The van der Waals surface area contributed by atoms with Gasteiger partial charge in [0.1, 0.15) is 5.69 Å². The summed E-state index contributed by atoms with van der Waals surface area (Å²) in [5.41, 5.74) is 2.89. The minimum absolute atomic E-state index is 0.274. The zero-order valence-corrected chi connectivity index (χ0v) is 9.90. The van der Waals surface area contributed by atoms with Gasteiger partial charge in [-0.1, -0.05) is 0 Å². The number of rotatable bonds is 2. The Kier molecular flexibility index (Phi) is 2.86. The summed E-state index contributed by atoms with van der Waals surface area (Å²) in [7, 11) is 0. The van der Waals surface area contributed by atoms with E-state index in [-0.39, 0.29) is 11.6 Å². The number of carbonyl (C=O) groups excluding carboxylic acids is 1. The molecule has 6 heteroatoms. The smallest absolute Gasteiger partial charge is 0.277 e. The molecule has 1 amide bonds. The molecule has 0 saturated carbocycles. The lowest BCUT2D eigenvalue weighted by molar-refractivity contribution is 0.102. The molecule has 17 heavy (non-hydrogen) atoms. The number of hydrogen-bond acceptors (Lipinski definition) is 4. The van der Waals surface area contributed by atoms with E-state index in [9.17, 15) is 4.79 Å². The number of aryl methyl sites for hydroxylation is 2. The first-order chi connectivity index (χ1) is 8.08. The van der Waals surface area contributed by atoms with Crippen LogP contribution in [0.1, 0.15) is 27.4 Å². The molecule has 0 radical (unpaired) electrons. The minimum atomic E-state index is -0.313. The lowest BCUT2D eigenvalue weighted by Gasteiger charge is -2.02. The maximum Gasteiger partial charge on any atom is 0.277 e. The van der Waals surface area contributed by atoms with Gasteiger partial charge in [-0.15, -0.1) is 0 Å². The quantitative estimate of drug-likeness (QED) is 0.817. The summed E-state index contributed by atoms with van der Waals surface area (Å²) < 4.78 is 0. The summed E-state index contributed by atoms with van der Waals surface area (Å²) in [5, 5.41) is 9.48. The molecule has 2 N–H and O–H groups in total. The number of nitrogens with one attached hydrogen (secondary N) is 2. The topological polar surface area (TPSA) is 83.6 Å². The molecule has 0 atom stereocenters. The van der Waals surface area contributed by atoms with Gasteiger partial charge in [-0.05, 0) is 20.8 Å². The third-order valence-electron chi connectivity index (χ3n) is 2.50. The predicted octanol–water partition coefficient (Wildman–Crippen LogP) is 1.38. The van der Waals surface area contributed by atoms with Crippen molar-refractivity contribution in [2.45, 2.75) is 20.8 Å². The Bertz CT molecular complexity index is 543. The number of amides is 1. The summed E-state index contributed by atoms with van der Waals surface area (Å²) in [6, 6.07) is 0. The lowest BCUT2D eigenvalue weighted by atomic mass is 10.3. The van der Waals surface area contributed by atoms with E-state index in [4.69, 9.17) is 0 Å². The van der Waals surface area contributed by atoms with Crippen molar-refractivity contribution >= 4 is 11.7 Å². The third kappa shape index (κ3) is 2.30. The Labute approximate surface area is 98.5 Å². The van der Waals surface area contributed by atoms with Crippen LogP contribution in [0.25, 0.3) is 0 Å². The highest BCUT2D eigenvalue weighted by molar-refractivity contribution is 6.02. The fourth-order valence-electron chi connectivity index (χ4n) is 1.29. The number of hydrogen-bond donors (Lipinski definition) is 2. The molecule has 0 aromatic carbocycles. The maximum atomic E-state index is 11.8. The van der Waals surface area contributed by atoms with Crippen LogP contribution >= 0.6 is 0 Å². The molecule has 0 fully saturated rings. The molecule has 88 valence electrons. The van der Waals surface area contributed by atoms with Gasteiger partial charge in [0.05, 0.1) is 11.9 Å². The molecular formula is C11H13N5O. The highest BCUT2D eigenvalue weighted by Gasteiger charge is 2.12. The molecule has 0 spiro atoms. The van der Waals surface area contributed by atoms with Crippen molar-refractivity contribution in [2.75, 3.05) is 5.32 Å². The minimum Gasteiger partial charge on any atom is -0.303 e. The number of anilines is 1. The van der Waals surface area contributed by atoms with Crippen molar-refractivity contribution in [3.63, 3.8) is 0 Å². The Hall–Kier alpha value is -2.24. The summed E-state index contributed by atoms with van der Waals surface area (Å²) in [5.74, 6) is 0.210. The Morgan fingerprint density at radius 3 is 2.53 bits per heavy atom. The predicted molar refractivity (Wildman–Crippen MR) is 62.8 cm³/mol. The van der Waals surface area contributed by atoms with Gasteiger partial charge in [0.2, 0.25) is 0 Å². The molecule has 0 aliphatic carbocycles. The van der Waals surface area contributed by atoms with Crippen LogP contribution in [0.2, 0.25) is 0 Å². The van der Waals surface area contributed by atoms with E-state index in [1.54, 1.807) is 6.20 Å². The van der Waals surface area contributed by atoms with Crippen LogP contribution in [0.5, 0.6) is 0 Å². The third-order valence-corrected chi connectivity index (χ3v) is 2.50. The fourth-order valence-corrected chi connectivity index (χ4v) is 1.29. The van der Waals surface area contributed by atoms with Gasteiger partial charge in [-0.25, -0.2) is 4.98 Å². The largest absolute Gasteiger partial charge is 0.303 e. The molecule has 2 aromatic heterocycles. The average molecular weight is 231 g/mol. The lowest BCUT2D eigenvalue weighted by Crippen LogP contribution is -2.15. The van der Waals surface area contributed by atoms with E-state index in [1.807, 2.05) is 20.8 Å². The zero-order chi connectivity index (χ0) is 12.4. The van der Waals surface area contributed by atoms with E-state index in [2.05, 4.69) is 25.5 Å². The average Bonchev–Trinajstić information content (AvgIpc) is 2.62. The van der Waals surface area contributed by atoms with Crippen molar-refractivity contribution in [3.8, 4) is 0 Å². The van der Waals surface area contributed by atoms with Gasteiger partial charge >= 0.3 is 0 Å². The number of carbonyl (C=O) groups is 1. The van der Waals surface area contributed by atoms with Crippen LogP contribution in [-0.2, 0) is 0 Å². The van der Waals surface area contributed by atoms with Gasteiger partial charge in [0.15, 0.2) is 5.82 Å². The normalized spacial score (nSPS) is 10.3. The van der Waals surface area contributed by atoms with E-state index >= 15 is 0 Å². The van der Waals surface area contributed by atoms with Crippen molar-refractivity contribution in [1.29, 1.82) is 0 Å². The van der Waals surface area contributed by atoms with E-state index < -0.39 is 0 Å². The number of nitrogens with zero attached hydrogens (tertiary/aromatic N) is 3. The second-order valence-electron chi connectivity index (χ2n) is 3.82. The van der Waals surface area contributed by atoms with Crippen molar-refractivity contribution in [1.82, 2.24) is 20.2 Å². The van der Waals surface area contributed by atoms with Crippen LogP contribution in [0.15, 0.2) is 12.4 Å². The van der Waals surface area contributed by atoms with Gasteiger partial charge in [0, 0.05) is 17.5 Å². The molecule has 0 aliphatic heterocycles. The second kappa shape index (κ2) is 4.32. The van der Waals surface area contributed by atoms with E-state index in [1.165, 1.54) is 6.20 Å². The number of H-pyrrole nitrogens is 1. The van der Waals surface area contributed by atoms with Crippen LogP contribution in [-0.4, -0.2) is 26.1 Å². The van der Waals surface area contributed by atoms with Crippen LogP contribution in [0.4, 0.5) is 5.82 Å². The first-order valence-electron chi connectivity index (χ1n) is 5.19. The van der Waals surface area contributed by atoms with Gasteiger partial charge < -0.3 is 5.32 Å². The highest BCUT2D eigenvalue weighted by atomic mass is 16.2. The van der Waals surface area contributed by atoms with Crippen LogP contribution in [0.3, 0.4) is 0 Å². The SMILES string of the molecule is Cc1cnc(C(=O)Nc2n[nH]c(C)c2C)cn1.